The fourth-order valence-electron chi connectivity index (χ4n) is 4.29. The van der Waals surface area contributed by atoms with Crippen molar-refractivity contribution in [3.63, 3.8) is 0 Å². The van der Waals surface area contributed by atoms with Crippen molar-refractivity contribution >= 4 is 28.8 Å². The highest BCUT2D eigenvalue weighted by atomic mass is 19.1. The van der Waals surface area contributed by atoms with Crippen LogP contribution in [0.1, 0.15) is 22.5 Å². The maximum absolute atomic E-state index is 13.2. The van der Waals surface area contributed by atoms with Crippen LogP contribution in [0.3, 0.4) is 0 Å². The van der Waals surface area contributed by atoms with Gasteiger partial charge in [0.2, 0.25) is 0 Å². The van der Waals surface area contributed by atoms with Gasteiger partial charge in [0.05, 0.1) is 6.54 Å². The largest absolute Gasteiger partial charge is 0.329 e. The number of fused-ring (bicyclic) bond motifs is 1. The van der Waals surface area contributed by atoms with Gasteiger partial charge in [0.25, 0.3) is 5.91 Å². The highest BCUT2D eigenvalue weighted by Gasteiger charge is 2.33. The van der Waals surface area contributed by atoms with Crippen molar-refractivity contribution in [3.05, 3.63) is 107 Å². The zero-order valence-electron chi connectivity index (χ0n) is 18.3. The molecule has 1 N–H and O–H groups in total. The standard InChI is InChI=1S/C27H22FN3O2/c1-17-13-22(18(2)31(17)24-12-9-20-5-3-4-6-21(20)14-24)15-25-26(32)30(27(33)29-25)16-19-7-10-23(28)11-8-19/h3-15H,16H2,1-2H3,(H,29,33)/b25-15+. The van der Waals surface area contributed by atoms with Crippen LogP contribution >= 0.6 is 0 Å². The molecule has 164 valence electrons. The van der Waals surface area contributed by atoms with E-state index in [-0.39, 0.29) is 18.1 Å². The highest BCUT2D eigenvalue weighted by Crippen LogP contribution is 2.26. The molecule has 0 spiro atoms. The van der Waals surface area contributed by atoms with Gasteiger partial charge in [-0.3, -0.25) is 9.69 Å². The van der Waals surface area contributed by atoms with E-state index < -0.39 is 11.9 Å². The van der Waals surface area contributed by atoms with E-state index in [4.69, 9.17) is 0 Å². The molecule has 1 aliphatic rings. The van der Waals surface area contributed by atoms with E-state index in [0.717, 1.165) is 32.9 Å². The Morgan fingerprint density at radius 2 is 1.64 bits per heavy atom. The lowest BCUT2D eigenvalue weighted by Gasteiger charge is -2.11. The molecule has 6 heteroatoms. The molecule has 5 rings (SSSR count). The van der Waals surface area contributed by atoms with Crippen LogP contribution in [0.4, 0.5) is 9.18 Å². The van der Waals surface area contributed by atoms with Crippen molar-refractivity contribution < 1.29 is 14.0 Å². The molecule has 3 amide bonds. The Hall–Kier alpha value is -4.19. The maximum atomic E-state index is 13.2. The molecule has 0 aliphatic carbocycles. The first-order valence-electron chi connectivity index (χ1n) is 10.7. The normalized spacial score (nSPS) is 15.0. The molecule has 0 unspecified atom stereocenters. The molecule has 1 aliphatic heterocycles. The molecule has 1 saturated heterocycles. The molecular formula is C27H22FN3O2. The summed E-state index contributed by atoms with van der Waals surface area (Å²) in [4.78, 5) is 26.5. The van der Waals surface area contributed by atoms with Gasteiger partial charge in [-0.15, -0.1) is 0 Å². The average molecular weight is 439 g/mol. The van der Waals surface area contributed by atoms with Crippen LogP contribution in [0.5, 0.6) is 0 Å². The molecule has 0 radical (unpaired) electrons. The lowest BCUT2D eigenvalue weighted by atomic mass is 10.1. The molecule has 5 nitrogen and oxygen atoms in total. The molecule has 0 saturated carbocycles. The number of nitrogens with zero attached hydrogens (tertiary/aromatic N) is 2. The summed E-state index contributed by atoms with van der Waals surface area (Å²) in [6.45, 7) is 4.09. The number of benzene rings is 3. The number of halogens is 1. The predicted molar refractivity (Wildman–Crippen MR) is 126 cm³/mol. The summed E-state index contributed by atoms with van der Waals surface area (Å²) in [5.41, 5.74) is 4.78. The summed E-state index contributed by atoms with van der Waals surface area (Å²) in [6, 6.07) is 21.8. The fourth-order valence-corrected chi connectivity index (χ4v) is 4.29. The van der Waals surface area contributed by atoms with Gasteiger partial charge in [-0.25, -0.2) is 9.18 Å². The van der Waals surface area contributed by atoms with Crippen molar-refractivity contribution in [2.45, 2.75) is 20.4 Å². The number of amides is 3. The minimum absolute atomic E-state index is 0.0817. The second kappa shape index (κ2) is 8.06. The van der Waals surface area contributed by atoms with Gasteiger partial charge in [0.15, 0.2) is 0 Å². The van der Waals surface area contributed by atoms with Crippen molar-refractivity contribution in [1.82, 2.24) is 14.8 Å². The zero-order chi connectivity index (χ0) is 23.1. The number of aryl methyl sites for hydroxylation is 1. The summed E-state index contributed by atoms with van der Waals surface area (Å²) < 4.78 is 15.3. The van der Waals surface area contributed by atoms with Crippen molar-refractivity contribution in [3.8, 4) is 5.69 Å². The van der Waals surface area contributed by atoms with E-state index in [9.17, 15) is 14.0 Å². The summed E-state index contributed by atoms with van der Waals surface area (Å²) in [5.74, 6) is -0.766. The monoisotopic (exact) mass is 439 g/mol. The Bertz CT molecular complexity index is 1430. The highest BCUT2D eigenvalue weighted by molar-refractivity contribution is 6.14. The van der Waals surface area contributed by atoms with E-state index in [0.29, 0.717) is 5.56 Å². The first-order valence-corrected chi connectivity index (χ1v) is 10.7. The minimum Gasteiger partial charge on any atom is -0.318 e. The topological polar surface area (TPSA) is 54.3 Å². The van der Waals surface area contributed by atoms with Gasteiger partial charge in [-0.1, -0.05) is 42.5 Å². The van der Waals surface area contributed by atoms with E-state index >= 15 is 0 Å². The number of carbonyl (C=O) groups excluding carboxylic acids is 2. The zero-order valence-corrected chi connectivity index (χ0v) is 18.3. The molecule has 1 fully saturated rings. The molecule has 33 heavy (non-hydrogen) atoms. The summed E-state index contributed by atoms with van der Waals surface area (Å²) >= 11 is 0. The van der Waals surface area contributed by atoms with Gasteiger partial charge in [0, 0.05) is 17.1 Å². The Kier molecular flexibility index (Phi) is 5.05. The van der Waals surface area contributed by atoms with Crippen LogP contribution in [-0.2, 0) is 11.3 Å². The van der Waals surface area contributed by atoms with E-state index in [1.165, 1.54) is 17.5 Å². The second-order valence-corrected chi connectivity index (χ2v) is 8.20. The van der Waals surface area contributed by atoms with E-state index in [1.807, 2.05) is 32.0 Å². The van der Waals surface area contributed by atoms with Crippen LogP contribution in [0.2, 0.25) is 0 Å². The third kappa shape index (κ3) is 3.80. The van der Waals surface area contributed by atoms with Crippen LogP contribution in [-0.4, -0.2) is 21.4 Å². The summed E-state index contributed by atoms with van der Waals surface area (Å²) in [6.07, 6.45) is 1.71. The molecule has 1 aromatic heterocycles. The van der Waals surface area contributed by atoms with Gasteiger partial charge < -0.3 is 9.88 Å². The second-order valence-electron chi connectivity index (χ2n) is 8.20. The Labute approximate surface area is 190 Å². The minimum atomic E-state index is -0.487. The maximum Gasteiger partial charge on any atom is 0.329 e. The first kappa shape index (κ1) is 20.7. The van der Waals surface area contributed by atoms with Crippen molar-refractivity contribution in [2.24, 2.45) is 0 Å². The van der Waals surface area contributed by atoms with Crippen molar-refractivity contribution in [1.29, 1.82) is 0 Å². The fraction of sp³-hybridized carbons (Fsp3) is 0.111. The lowest BCUT2D eigenvalue weighted by Crippen LogP contribution is -2.30. The van der Waals surface area contributed by atoms with Crippen LogP contribution in [0.25, 0.3) is 22.5 Å². The molecule has 0 atom stereocenters. The quantitative estimate of drug-likeness (QED) is 0.338. The Balaban J connectivity index is 1.45. The van der Waals surface area contributed by atoms with Crippen LogP contribution in [0, 0.1) is 19.7 Å². The molecule has 4 aromatic rings. The molecule has 0 bridgehead atoms. The number of hydrogen-bond acceptors (Lipinski definition) is 2. The number of nitrogens with one attached hydrogen (secondary N) is 1. The summed E-state index contributed by atoms with van der Waals surface area (Å²) in [5, 5.41) is 4.99. The SMILES string of the molecule is Cc1cc(/C=C2/NC(=O)N(Cc3ccc(F)cc3)C2=O)c(C)n1-c1ccc2ccccc2c1. The number of carbonyl (C=O) groups is 2. The Morgan fingerprint density at radius 3 is 2.39 bits per heavy atom. The van der Waals surface area contributed by atoms with Crippen LogP contribution < -0.4 is 5.32 Å². The van der Waals surface area contributed by atoms with Gasteiger partial charge in [-0.05, 0) is 72.2 Å². The molecular weight excluding hydrogens is 417 g/mol. The van der Waals surface area contributed by atoms with Gasteiger partial charge in [-0.2, -0.15) is 0 Å². The van der Waals surface area contributed by atoms with Crippen molar-refractivity contribution in [2.75, 3.05) is 0 Å². The smallest absolute Gasteiger partial charge is 0.318 e. The number of hydrogen-bond donors (Lipinski definition) is 1. The van der Waals surface area contributed by atoms with Gasteiger partial charge in [0.1, 0.15) is 11.5 Å². The molecule has 3 aromatic carbocycles. The van der Waals surface area contributed by atoms with E-state index in [1.54, 1.807) is 18.2 Å². The Morgan fingerprint density at radius 1 is 0.909 bits per heavy atom. The van der Waals surface area contributed by atoms with Crippen LogP contribution in [0.15, 0.2) is 78.5 Å². The third-order valence-electron chi connectivity index (χ3n) is 5.98. The number of rotatable bonds is 4. The third-order valence-corrected chi connectivity index (χ3v) is 5.98. The number of aromatic nitrogens is 1. The van der Waals surface area contributed by atoms with Gasteiger partial charge >= 0.3 is 6.03 Å². The number of imide groups is 1. The first-order chi connectivity index (χ1) is 15.9. The average Bonchev–Trinajstić information content (AvgIpc) is 3.24. The lowest BCUT2D eigenvalue weighted by molar-refractivity contribution is -0.123. The predicted octanol–water partition coefficient (Wildman–Crippen LogP) is 5.48. The van der Waals surface area contributed by atoms with E-state index in [2.05, 4.69) is 40.2 Å². The summed E-state index contributed by atoms with van der Waals surface area (Å²) in [7, 11) is 0. The number of urea groups is 1. The molecule has 2 heterocycles.